The van der Waals surface area contributed by atoms with Crippen molar-refractivity contribution in [2.45, 2.75) is 68.5 Å². The van der Waals surface area contributed by atoms with E-state index in [9.17, 15) is 9.59 Å². The molecule has 39 heavy (non-hydrogen) atoms. The molecule has 206 valence electrons. The highest BCUT2D eigenvalue weighted by Crippen LogP contribution is 2.29. The molecule has 0 spiro atoms. The summed E-state index contributed by atoms with van der Waals surface area (Å²) >= 11 is 20.7. The Balaban J connectivity index is 1.60. The highest BCUT2D eigenvalue weighted by molar-refractivity contribution is 7.99. The third kappa shape index (κ3) is 8.91. The summed E-state index contributed by atoms with van der Waals surface area (Å²) in [5.41, 5.74) is 1.63. The predicted molar refractivity (Wildman–Crippen MR) is 163 cm³/mol. The zero-order valence-electron chi connectivity index (χ0n) is 21.8. The number of amides is 2. The number of benzene rings is 3. The van der Waals surface area contributed by atoms with Gasteiger partial charge in [0.1, 0.15) is 6.04 Å². The first-order valence-corrected chi connectivity index (χ1v) is 15.5. The first-order valence-electron chi connectivity index (χ1n) is 13.4. The highest BCUT2D eigenvalue weighted by atomic mass is 35.5. The molecule has 4 rings (SSSR count). The van der Waals surface area contributed by atoms with Crippen LogP contribution in [0.15, 0.2) is 77.7 Å². The van der Waals surface area contributed by atoms with Gasteiger partial charge in [-0.05, 0) is 54.8 Å². The normalized spacial score (nSPS) is 14.5. The van der Waals surface area contributed by atoms with Crippen LogP contribution in [-0.4, -0.2) is 34.6 Å². The van der Waals surface area contributed by atoms with Crippen molar-refractivity contribution in [3.8, 4) is 0 Å². The summed E-state index contributed by atoms with van der Waals surface area (Å²) in [6, 6.07) is 22.1. The van der Waals surface area contributed by atoms with Gasteiger partial charge in [0.25, 0.3) is 0 Å². The molecule has 8 heteroatoms. The van der Waals surface area contributed by atoms with Gasteiger partial charge in [-0.25, -0.2) is 0 Å². The van der Waals surface area contributed by atoms with E-state index in [1.807, 2.05) is 54.6 Å². The van der Waals surface area contributed by atoms with E-state index in [-0.39, 0.29) is 30.8 Å². The minimum absolute atomic E-state index is 0.118. The maximum Gasteiger partial charge on any atom is 0.243 e. The number of hydrogen-bond acceptors (Lipinski definition) is 3. The molecular formula is C31H33Cl3N2O2S. The van der Waals surface area contributed by atoms with Crippen LogP contribution in [0.5, 0.6) is 0 Å². The zero-order valence-corrected chi connectivity index (χ0v) is 24.8. The molecule has 3 aromatic carbocycles. The Kier molecular flexibility index (Phi) is 11.5. The third-order valence-electron chi connectivity index (χ3n) is 7.01. The summed E-state index contributed by atoms with van der Waals surface area (Å²) < 4.78 is 0. The predicted octanol–water partition coefficient (Wildman–Crippen LogP) is 8.22. The van der Waals surface area contributed by atoms with Crippen LogP contribution in [-0.2, 0) is 22.6 Å². The van der Waals surface area contributed by atoms with Gasteiger partial charge in [0, 0.05) is 56.7 Å². The SMILES string of the molecule is O=C(NC1CCCCC1)[C@H](Cc1ccccc1)N(Cc1c(Cl)cccc1Cl)C(=O)CCSc1ccc(Cl)cc1. The van der Waals surface area contributed by atoms with Crippen LogP contribution in [0.3, 0.4) is 0 Å². The number of nitrogens with zero attached hydrogens (tertiary/aromatic N) is 1. The van der Waals surface area contributed by atoms with E-state index in [1.54, 1.807) is 34.9 Å². The topological polar surface area (TPSA) is 49.4 Å². The van der Waals surface area contributed by atoms with Crippen LogP contribution in [0.1, 0.15) is 49.7 Å². The van der Waals surface area contributed by atoms with E-state index in [0.29, 0.717) is 32.8 Å². The van der Waals surface area contributed by atoms with Crippen molar-refractivity contribution >= 4 is 58.4 Å². The van der Waals surface area contributed by atoms with Crippen LogP contribution in [0.25, 0.3) is 0 Å². The van der Waals surface area contributed by atoms with Gasteiger partial charge in [-0.2, -0.15) is 0 Å². The second-order valence-corrected chi connectivity index (χ2v) is 12.2. The number of carbonyl (C=O) groups excluding carboxylic acids is 2. The Bertz CT molecular complexity index is 1210. The van der Waals surface area contributed by atoms with E-state index < -0.39 is 6.04 Å². The molecule has 0 bridgehead atoms. The summed E-state index contributed by atoms with van der Waals surface area (Å²) in [6.07, 6.45) is 6.00. The molecule has 1 aliphatic carbocycles. The average Bonchev–Trinajstić information content (AvgIpc) is 2.94. The Morgan fingerprint density at radius 2 is 1.54 bits per heavy atom. The van der Waals surface area contributed by atoms with Crippen LogP contribution in [0.2, 0.25) is 15.1 Å². The third-order valence-corrected chi connectivity index (χ3v) is 8.99. The number of rotatable bonds is 11. The van der Waals surface area contributed by atoms with Crippen molar-refractivity contribution < 1.29 is 9.59 Å². The van der Waals surface area contributed by atoms with E-state index >= 15 is 0 Å². The molecule has 0 unspecified atom stereocenters. The molecule has 1 aliphatic rings. The monoisotopic (exact) mass is 602 g/mol. The van der Waals surface area contributed by atoms with Gasteiger partial charge in [0.2, 0.25) is 11.8 Å². The molecule has 0 radical (unpaired) electrons. The maximum atomic E-state index is 13.9. The molecule has 0 aromatic heterocycles. The molecular weight excluding hydrogens is 571 g/mol. The number of hydrogen-bond donors (Lipinski definition) is 1. The molecule has 1 saturated carbocycles. The largest absolute Gasteiger partial charge is 0.352 e. The van der Waals surface area contributed by atoms with E-state index in [0.717, 1.165) is 36.1 Å². The summed E-state index contributed by atoms with van der Waals surface area (Å²) in [7, 11) is 0. The van der Waals surface area contributed by atoms with Gasteiger partial charge in [0.15, 0.2) is 0 Å². The quantitative estimate of drug-likeness (QED) is 0.225. The van der Waals surface area contributed by atoms with Crippen molar-refractivity contribution in [3.05, 3.63) is 99.0 Å². The maximum absolute atomic E-state index is 13.9. The molecule has 1 fully saturated rings. The van der Waals surface area contributed by atoms with Crippen molar-refractivity contribution in [2.24, 2.45) is 0 Å². The molecule has 2 amide bonds. The van der Waals surface area contributed by atoms with Gasteiger partial charge < -0.3 is 10.2 Å². The van der Waals surface area contributed by atoms with Crippen molar-refractivity contribution in [2.75, 3.05) is 5.75 Å². The number of halogens is 3. The van der Waals surface area contributed by atoms with E-state index in [2.05, 4.69) is 5.32 Å². The fraction of sp³-hybridized carbons (Fsp3) is 0.355. The Morgan fingerprint density at radius 3 is 2.21 bits per heavy atom. The minimum Gasteiger partial charge on any atom is -0.352 e. The first-order chi connectivity index (χ1) is 18.9. The van der Waals surface area contributed by atoms with Crippen LogP contribution >= 0.6 is 46.6 Å². The Morgan fingerprint density at radius 1 is 0.872 bits per heavy atom. The minimum atomic E-state index is -0.699. The fourth-order valence-corrected chi connectivity index (χ4v) is 6.37. The fourth-order valence-electron chi connectivity index (χ4n) is 4.88. The second-order valence-electron chi connectivity index (χ2n) is 9.82. The van der Waals surface area contributed by atoms with Crippen LogP contribution in [0.4, 0.5) is 0 Å². The van der Waals surface area contributed by atoms with Crippen LogP contribution < -0.4 is 5.32 Å². The Labute approximate surface area is 250 Å². The average molecular weight is 604 g/mol. The lowest BCUT2D eigenvalue weighted by Gasteiger charge is -2.34. The molecule has 4 nitrogen and oxygen atoms in total. The Hall–Kier alpha value is -2.18. The summed E-state index contributed by atoms with van der Waals surface area (Å²) in [5, 5.41) is 4.88. The molecule has 0 aliphatic heterocycles. The van der Waals surface area contributed by atoms with Crippen molar-refractivity contribution in [3.63, 3.8) is 0 Å². The molecule has 3 aromatic rings. The number of thioether (sulfide) groups is 1. The molecule has 1 atom stereocenters. The number of carbonyl (C=O) groups is 2. The molecule has 0 heterocycles. The summed E-state index contributed by atoms with van der Waals surface area (Å²) in [5.74, 6) is 0.315. The van der Waals surface area contributed by atoms with Gasteiger partial charge >= 0.3 is 0 Å². The summed E-state index contributed by atoms with van der Waals surface area (Å²) in [6.45, 7) is 0.151. The lowest BCUT2D eigenvalue weighted by atomic mass is 9.94. The highest BCUT2D eigenvalue weighted by Gasteiger charge is 2.32. The summed E-state index contributed by atoms with van der Waals surface area (Å²) in [4.78, 5) is 30.4. The lowest BCUT2D eigenvalue weighted by molar-refractivity contribution is -0.141. The van der Waals surface area contributed by atoms with Gasteiger partial charge in [-0.15, -0.1) is 11.8 Å². The lowest BCUT2D eigenvalue weighted by Crippen LogP contribution is -2.53. The molecule has 0 saturated heterocycles. The van der Waals surface area contributed by atoms with Gasteiger partial charge in [-0.3, -0.25) is 9.59 Å². The van der Waals surface area contributed by atoms with Crippen LogP contribution in [0, 0.1) is 0 Å². The zero-order chi connectivity index (χ0) is 27.6. The van der Waals surface area contributed by atoms with Gasteiger partial charge in [0.05, 0.1) is 0 Å². The standard InChI is InChI=1S/C31H33Cl3N2O2S/c32-23-14-16-25(17-15-23)39-19-18-30(37)36(21-26-27(33)12-7-13-28(26)34)29(20-22-8-3-1-4-9-22)31(38)35-24-10-5-2-6-11-24/h1,3-4,7-9,12-17,24,29H,2,5-6,10-11,18-21H2,(H,35,38)/t29-/m0/s1. The van der Waals surface area contributed by atoms with Crippen molar-refractivity contribution in [1.82, 2.24) is 10.2 Å². The first kappa shape index (κ1) is 29.8. The molecule has 1 N–H and O–H groups in total. The van der Waals surface area contributed by atoms with E-state index in [1.165, 1.54) is 6.42 Å². The number of nitrogens with one attached hydrogen (secondary N) is 1. The smallest absolute Gasteiger partial charge is 0.243 e. The van der Waals surface area contributed by atoms with E-state index in [4.69, 9.17) is 34.8 Å². The van der Waals surface area contributed by atoms with Gasteiger partial charge in [-0.1, -0.05) is 90.5 Å². The second kappa shape index (κ2) is 15.0. The van der Waals surface area contributed by atoms with Crippen molar-refractivity contribution in [1.29, 1.82) is 0 Å².